The molecule has 2 N–H and O–H groups in total. The Morgan fingerprint density at radius 2 is 2.56 bits per heavy atom. The number of nitrogens with zero attached hydrogens (tertiary/aromatic N) is 2. The van der Waals surface area contributed by atoms with Crippen molar-refractivity contribution >= 4 is 11.5 Å². The normalized spacial score (nSPS) is 27.1. The van der Waals surface area contributed by atoms with Gasteiger partial charge in [0.15, 0.2) is 0 Å². The molecule has 7 heteroatoms. The summed E-state index contributed by atoms with van der Waals surface area (Å²) >= 11 is 0. The second-order valence-electron chi connectivity index (χ2n) is 4.38. The highest BCUT2D eigenvalue weighted by Gasteiger charge is 2.39. The van der Waals surface area contributed by atoms with Gasteiger partial charge >= 0.3 is 0 Å². The summed E-state index contributed by atoms with van der Waals surface area (Å²) < 4.78 is 5.30. The van der Waals surface area contributed by atoms with Crippen molar-refractivity contribution in [3.63, 3.8) is 0 Å². The van der Waals surface area contributed by atoms with Gasteiger partial charge in [-0.05, 0) is 6.92 Å². The highest BCUT2D eigenvalue weighted by atomic mass is 16.6. The van der Waals surface area contributed by atoms with Crippen LogP contribution in [0, 0.1) is 10.1 Å². The molecule has 0 saturated carbocycles. The summed E-state index contributed by atoms with van der Waals surface area (Å²) in [6.45, 7) is 2.57. The van der Waals surface area contributed by atoms with E-state index in [0.717, 1.165) is 0 Å². The van der Waals surface area contributed by atoms with Crippen LogP contribution in [-0.2, 0) is 4.74 Å². The summed E-state index contributed by atoms with van der Waals surface area (Å²) in [6.07, 6.45) is 1.64. The van der Waals surface area contributed by atoms with E-state index in [0.29, 0.717) is 18.8 Å². The fourth-order valence-corrected chi connectivity index (χ4v) is 1.88. The number of anilines is 1. The van der Waals surface area contributed by atoms with E-state index >= 15 is 0 Å². The third-order valence-electron chi connectivity index (χ3n) is 3.19. The largest absolute Gasteiger partial charge is 0.385 e. The molecule has 0 radical (unpaired) electrons. The summed E-state index contributed by atoms with van der Waals surface area (Å²) in [5.41, 5.74) is -0.984. The molecular formula is C11H15N3O4. The summed E-state index contributed by atoms with van der Waals surface area (Å²) in [4.78, 5) is 14.1. The predicted octanol–water partition coefficient (Wildman–Crippen LogP) is 0.942. The third-order valence-corrected chi connectivity index (χ3v) is 3.19. The maximum absolute atomic E-state index is 10.6. The smallest absolute Gasteiger partial charge is 0.274 e. The van der Waals surface area contributed by atoms with Gasteiger partial charge in [0.05, 0.1) is 17.1 Å². The van der Waals surface area contributed by atoms with Crippen LogP contribution in [0.1, 0.15) is 13.3 Å². The molecule has 0 aromatic carbocycles. The van der Waals surface area contributed by atoms with E-state index in [9.17, 15) is 15.2 Å². The first-order valence-corrected chi connectivity index (χ1v) is 5.69. The van der Waals surface area contributed by atoms with Crippen molar-refractivity contribution in [2.75, 3.05) is 18.5 Å². The van der Waals surface area contributed by atoms with E-state index in [2.05, 4.69) is 10.3 Å². The maximum atomic E-state index is 10.6. The van der Waals surface area contributed by atoms with Crippen molar-refractivity contribution in [1.82, 2.24) is 4.98 Å². The zero-order valence-corrected chi connectivity index (χ0v) is 10.00. The van der Waals surface area contributed by atoms with Gasteiger partial charge in [-0.15, -0.1) is 0 Å². The van der Waals surface area contributed by atoms with Gasteiger partial charge < -0.3 is 15.2 Å². The Morgan fingerprint density at radius 3 is 3.17 bits per heavy atom. The molecule has 7 nitrogen and oxygen atoms in total. The van der Waals surface area contributed by atoms with Crippen LogP contribution in [-0.4, -0.2) is 39.9 Å². The topological polar surface area (TPSA) is 97.5 Å². The molecule has 0 amide bonds. The highest BCUT2D eigenvalue weighted by Crippen LogP contribution is 2.26. The number of pyridine rings is 1. The fourth-order valence-electron chi connectivity index (χ4n) is 1.88. The van der Waals surface area contributed by atoms with E-state index in [1.54, 1.807) is 6.92 Å². The molecule has 1 aromatic rings. The lowest BCUT2D eigenvalue weighted by Crippen LogP contribution is -2.43. The molecule has 2 unspecified atom stereocenters. The number of nitrogens with one attached hydrogen (secondary N) is 1. The molecule has 1 saturated heterocycles. The number of nitro groups is 1. The number of hydrogen-bond acceptors (Lipinski definition) is 6. The first-order chi connectivity index (χ1) is 8.51. The van der Waals surface area contributed by atoms with Crippen molar-refractivity contribution < 1.29 is 14.8 Å². The van der Waals surface area contributed by atoms with E-state index in [1.165, 1.54) is 18.3 Å². The van der Waals surface area contributed by atoms with E-state index < -0.39 is 10.5 Å². The summed E-state index contributed by atoms with van der Waals surface area (Å²) in [5, 5.41) is 23.8. The third kappa shape index (κ3) is 2.57. The van der Waals surface area contributed by atoms with E-state index in [4.69, 9.17) is 4.74 Å². The molecule has 0 spiro atoms. The Bertz CT molecular complexity index is 454. The lowest BCUT2D eigenvalue weighted by atomic mass is 9.97. The molecule has 1 fully saturated rings. The number of ether oxygens (including phenoxy) is 1. The van der Waals surface area contributed by atoms with Crippen molar-refractivity contribution in [1.29, 1.82) is 0 Å². The number of rotatable bonds is 4. The zero-order valence-electron chi connectivity index (χ0n) is 10.00. The fraction of sp³-hybridized carbons (Fsp3) is 0.545. The van der Waals surface area contributed by atoms with Gasteiger partial charge in [0.2, 0.25) is 0 Å². The Kier molecular flexibility index (Phi) is 3.44. The van der Waals surface area contributed by atoms with Gasteiger partial charge in [0, 0.05) is 31.8 Å². The summed E-state index contributed by atoms with van der Waals surface area (Å²) in [7, 11) is 0. The van der Waals surface area contributed by atoms with Gasteiger partial charge in [0.25, 0.3) is 5.69 Å². The van der Waals surface area contributed by atoms with Gasteiger partial charge in [-0.2, -0.15) is 0 Å². The number of aliphatic hydroxyl groups is 1. The molecule has 2 heterocycles. The average molecular weight is 253 g/mol. The average Bonchev–Trinajstić information content (AvgIpc) is 2.68. The van der Waals surface area contributed by atoms with Crippen LogP contribution in [0.3, 0.4) is 0 Å². The van der Waals surface area contributed by atoms with Gasteiger partial charge in [-0.3, -0.25) is 10.1 Å². The summed E-state index contributed by atoms with van der Waals surface area (Å²) in [5.74, 6) is 0.372. The molecule has 1 aliphatic rings. The van der Waals surface area contributed by atoms with Crippen LogP contribution in [0.15, 0.2) is 18.3 Å². The summed E-state index contributed by atoms with van der Waals surface area (Å²) in [6, 6.07) is 2.66. The van der Waals surface area contributed by atoms with Gasteiger partial charge in [0.1, 0.15) is 11.4 Å². The van der Waals surface area contributed by atoms with Crippen LogP contribution in [0.5, 0.6) is 0 Å². The second-order valence-corrected chi connectivity index (χ2v) is 4.38. The van der Waals surface area contributed by atoms with Crippen LogP contribution >= 0.6 is 0 Å². The monoisotopic (exact) mass is 253 g/mol. The second kappa shape index (κ2) is 4.87. The predicted molar refractivity (Wildman–Crippen MR) is 64.4 cm³/mol. The number of hydrogen-bond donors (Lipinski definition) is 2. The molecule has 2 rings (SSSR count). The van der Waals surface area contributed by atoms with Crippen molar-refractivity contribution in [2.24, 2.45) is 0 Å². The SMILES string of the molecule is CC1OCCC1(O)CNc1cc([N+](=O)[O-])ccn1. The van der Waals surface area contributed by atoms with Crippen LogP contribution in [0.25, 0.3) is 0 Å². The van der Waals surface area contributed by atoms with Crippen molar-refractivity contribution in [2.45, 2.75) is 25.0 Å². The molecule has 98 valence electrons. The lowest BCUT2D eigenvalue weighted by Gasteiger charge is -2.26. The molecule has 1 aromatic heterocycles. The van der Waals surface area contributed by atoms with Crippen LogP contribution in [0.4, 0.5) is 11.5 Å². The quantitative estimate of drug-likeness (QED) is 0.612. The minimum absolute atomic E-state index is 0.0322. The standard InChI is InChI=1S/C11H15N3O4/c1-8-11(15,3-5-18-8)7-13-10-6-9(14(16)17)2-4-12-10/h2,4,6,8,15H,3,5,7H2,1H3,(H,12,13). The van der Waals surface area contributed by atoms with E-state index in [1.807, 2.05) is 0 Å². The van der Waals surface area contributed by atoms with Crippen molar-refractivity contribution in [3.05, 3.63) is 28.4 Å². The zero-order chi connectivity index (χ0) is 13.2. The maximum Gasteiger partial charge on any atom is 0.274 e. The lowest BCUT2D eigenvalue weighted by molar-refractivity contribution is -0.384. The first kappa shape index (κ1) is 12.7. The first-order valence-electron chi connectivity index (χ1n) is 5.69. The van der Waals surface area contributed by atoms with E-state index in [-0.39, 0.29) is 18.3 Å². The Morgan fingerprint density at radius 1 is 1.78 bits per heavy atom. The highest BCUT2D eigenvalue weighted by molar-refractivity contribution is 5.44. The van der Waals surface area contributed by atoms with Crippen LogP contribution < -0.4 is 5.32 Å². The Labute approximate surface area is 104 Å². The molecule has 18 heavy (non-hydrogen) atoms. The van der Waals surface area contributed by atoms with Crippen molar-refractivity contribution in [3.8, 4) is 0 Å². The Hall–Kier alpha value is -1.73. The minimum atomic E-state index is -0.952. The number of aromatic nitrogens is 1. The molecule has 2 atom stereocenters. The molecule has 1 aliphatic heterocycles. The molecule has 0 bridgehead atoms. The van der Waals surface area contributed by atoms with Crippen LogP contribution in [0.2, 0.25) is 0 Å². The van der Waals surface area contributed by atoms with Gasteiger partial charge in [-0.25, -0.2) is 4.98 Å². The molecule has 0 aliphatic carbocycles. The Balaban J connectivity index is 2.02. The minimum Gasteiger partial charge on any atom is -0.385 e. The molecular weight excluding hydrogens is 238 g/mol. The van der Waals surface area contributed by atoms with Gasteiger partial charge in [-0.1, -0.05) is 0 Å².